The summed E-state index contributed by atoms with van der Waals surface area (Å²) >= 11 is 1.60. The van der Waals surface area contributed by atoms with Crippen molar-refractivity contribution in [3.05, 3.63) is 21.9 Å². The van der Waals surface area contributed by atoms with Gasteiger partial charge < -0.3 is 9.80 Å². The minimum atomic E-state index is 0.265. The molecule has 1 atom stereocenters. The molecule has 3 nitrogen and oxygen atoms in total. The number of carbonyl (C=O) groups is 1. The number of hydrogen-bond acceptors (Lipinski definition) is 3. The number of nitrogens with zero attached hydrogens (tertiary/aromatic N) is 2. The summed E-state index contributed by atoms with van der Waals surface area (Å²) in [6.07, 6.45) is 7.97. The molecule has 2 saturated heterocycles. The largest absolute Gasteiger partial charge is 0.337 e. The number of aryl methyl sites for hydroxylation is 1. The van der Waals surface area contributed by atoms with Crippen LogP contribution >= 0.6 is 11.3 Å². The van der Waals surface area contributed by atoms with Gasteiger partial charge >= 0.3 is 0 Å². The Morgan fingerprint density at radius 1 is 1.26 bits per heavy atom. The van der Waals surface area contributed by atoms with E-state index in [1.54, 1.807) is 11.3 Å². The first-order chi connectivity index (χ1) is 11.1. The van der Waals surface area contributed by atoms with Gasteiger partial charge in [-0.25, -0.2) is 0 Å². The van der Waals surface area contributed by atoms with Crippen molar-refractivity contribution in [1.29, 1.82) is 0 Å². The number of thiophene rings is 1. The summed E-state index contributed by atoms with van der Waals surface area (Å²) in [5.74, 6) is 1.24. The first-order valence-corrected chi connectivity index (χ1v) is 10.1. The molecule has 23 heavy (non-hydrogen) atoms. The summed E-state index contributed by atoms with van der Waals surface area (Å²) in [6.45, 7) is 7.79. The molecule has 126 valence electrons. The van der Waals surface area contributed by atoms with Crippen molar-refractivity contribution in [3.8, 4) is 0 Å². The minimum absolute atomic E-state index is 0.265. The molecule has 0 radical (unpaired) electrons. The van der Waals surface area contributed by atoms with Gasteiger partial charge in [0.25, 0.3) is 5.91 Å². The van der Waals surface area contributed by atoms with Gasteiger partial charge in [0.05, 0.1) is 4.88 Å². The fourth-order valence-corrected chi connectivity index (χ4v) is 5.41. The molecule has 3 heterocycles. The fraction of sp³-hybridized carbons (Fsp3) is 0.737. The Balaban J connectivity index is 1.44. The van der Waals surface area contributed by atoms with Crippen molar-refractivity contribution in [2.75, 3.05) is 32.7 Å². The van der Waals surface area contributed by atoms with E-state index in [1.807, 2.05) is 0 Å². The highest BCUT2D eigenvalue weighted by Gasteiger charge is 2.41. The zero-order chi connectivity index (χ0) is 15.9. The quantitative estimate of drug-likeness (QED) is 0.841. The molecule has 0 aromatic carbocycles. The van der Waals surface area contributed by atoms with Crippen LogP contribution in [0.5, 0.6) is 0 Å². The van der Waals surface area contributed by atoms with E-state index < -0.39 is 0 Å². The lowest BCUT2D eigenvalue weighted by Crippen LogP contribution is -2.53. The van der Waals surface area contributed by atoms with E-state index in [9.17, 15) is 4.79 Å². The number of hydrogen-bond donors (Lipinski definition) is 0. The number of rotatable bonds is 3. The van der Waals surface area contributed by atoms with Gasteiger partial charge in [0, 0.05) is 31.6 Å². The van der Waals surface area contributed by atoms with Crippen molar-refractivity contribution in [1.82, 2.24) is 9.80 Å². The maximum atomic E-state index is 12.8. The molecule has 4 rings (SSSR count). The van der Waals surface area contributed by atoms with Crippen LogP contribution in [0.1, 0.15) is 53.8 Å². The molecule has 0 bridgehead atoms. The third kappa shape index (κ3) is 3.48. The van der Waals surface area contributed by atoms with Gasteiger partial charge in [-0.3, -0.25) is 4.79 Å². The smallest absolute Gasteiger partial charge is 0.263 e. The molecule has 1 spiro atoms. The molecular formula is C19H28N2OS. The first-order valence-electron chi connectivity index (χ1n) is 9.20. The predicted octanol–water partition coefficient (Wildman–Crippen LogP) is 3.78. The molecule has 1 unspecified atom stereocenters. The van der Waals surface area contributed by atoms with Crippen molar-refractivity contribution in [3.63, 3.8) is 0 Å². The minimum Gasteiger partial charge on any atom is -0.337 e. The molecule has 1 saturated carbocycles. The van der Waals surface area contributed by atoms with Crippen LogP contribution in [0.2, 0.25) is 0 Å². The highest BCUT2D eigenvalue weighted by molar-refractivity contribution is 7.12. The second-order valence-corrected chi connectivity index (χ2v) is 9.01. The van der Waals surface area contributed by atoms with Crippen LogP contribution in [0.25, 0.3) is 0 Å². The van der Waals surface area contributed by atoms with Gasteiger partial charge in [0.15, 0.2) is 0 Å². The number of carbonyl (C=O) groups excluding carboxylic acids is 1. The third-order valence-electron chi connectivity index (χ3n) is 5.84. The lowest BCUT2D eigenvalue weighted by atomic mass is 9.73. The molecule has 1 amide bonds. The molecule has 0 N–H and O–H groups in total. The van der Waals surface area contributed by atoms with Crippen LogP contribution in [-0.4, -0.2) is 48.4 Å². The van der Waals surface area contributed by atoms with Gasteiger partial charge in [-0.05, 0) is 74.9 Å². The molecule has 1 aromatic rings. The maximum Gasteiger partial charge on any atom is 0.263 e. The number of amides is 1. The predicted molar refractivity (Wildman–Crippen MR) is 95.0 cm³/mol. The van der Waals surface area contributed by atoms with Crippen LogP contribution in [0, 0.1) is 18.3 Å². The van der Waals surface area contributed by atoms with E-state index in [1.165, 1.54) is 63.7 Å². The highest BCUT2D eigenvalue weighted by Crippen LogP contribution is 2.40. The molecule has 1 aromatic heterocycles. The van der Waals surface area contributed by atoms with E-state index in [-0.39, 0.29) is 5.91 Å². The average Bonchev–Trinajstić information content (AvgIpc) is 3.24. The summed E-state index contributed by atoms with van der Waals surface area (Å²) < 4.78 is 0. The summed E-state index contributed by atoms with van der Waals surface area (Å²) in [6, 6.07) is 2.05. The molecule has 2 aliphatic heterocycles. The van der Waals surface area contributed by atoms with E-state index in [4.69, 9.17) is 0 Å². The Morgan fingerprint density at radius 3 is 2.74 bits per heavy atom. The van der Waals surface area contributed by atoms with Gasteiger partial charge in [-0.1, -0.05) is 0 Å². The van der Waals surface area contributed by atoms with Gasteiger partial charge in [-0.15, -0.1) is 11.3 Å². The van der Waals surface area contributed by atoms with Crippen LogP contribution in [0.3, 0.4) is 0 Å². The number of likely N-dealkylation sites (tertiary alicyclic amines) is 2. The summed E-state index contributed by atoms with van der Waals surface area (Å²) in [4.78, 5) is 18.6. The normalized spacial score (nSPS) is 29.2. The highest BCUT2D eigenvalue weighted by atomic mass is 32.1. The number of piperidine rings is 2. The van der Waals surface area contributed by atoms with Crippen LogP contribution in [-0.2, 0) is 0 Å². The Kier molecular flexibility index (Phi) is 4.22. The van der Waals surface area contributed by atoms with Gasteiger partial charge in [0.2, 0.25) is 0 Å². The standard InChI is InChI=1S/C19H28N2OS/c1-15-10-17(23-12-15)18(22)21-9-3-7-19(14-21)6-2-8-20(13-19)11-16-4-5-16/h10,12,16H,2-9,11,13-14H2,1H3. The summed E-state index contributed by atoms with van der Waals surface area (Å²) in [5.41, 5.74) is 1.58. The van der Waals surface area contributed by atoms with E-state index in [2.05, 4.69) is 28.2 Å². The van der Waals surface area contributed by atoms with Crippen LogP contribution in [0.4, 0.5) is 0 Å². The zero-order valence-corrected chi connectivity index (χ0v) is 15.0. The first kappa shape index (κ1) is 15.6. The SMILES string of the molecule is Cc1csc(C(=O)N2CCCC3(CCCN(CC4CC4)C3)C2)c1. The lowest BCUT2D eigenvalue weighted by molar-refractivity contribution is 0.0127. The van der Waals surface area contributed by atoms with E-state index in [0.29, 0.717) is 5.41 Å². The van der Waals surface area contributed by atoms with Crippen LogP contribution in [0.15, 0.2) is 11.4 Å². The van der Waals surface area contributed by atoms with Crippen molar-refractivity contribution >= 4 is 17.2 Å². The summed E-state index contributed by atoms with van der Waals surface area (Å²) in [7, 11) is 0. The summed E-state index contributed by atoms with van der Waals surface area (Å²) in [5, 5.41) is 2.09. The zero-order valence-electron chi connectivity index (χ0n) is 14.2. The lowest BCUT2D eigenvalue weighted by Gasteiger charge is -2.48. The Bertz CT molecular complexity index is 576. The van der Waals surface area contributed by atoms with Gasteiger partial charge in [-0.2, -0.15) is 0 Å². The fourth-order valence-electron chi connectivity index (χ4n) is 4.55. The second-order valence-electron chi connectivity index (χ2n) is 8.10. The molecular weight excluding hydrogens is 304 g/mol. The average molecular weight is 333 g/mol. The topological polar surface area (TPSA) is 23.6 Å². The maximum absolute atomic E-state index is 12.8. The van der Waals surface area contributed by atoms with E-state index in [0.717, 1.165) is 23.9 Å². The van der Waals surface area contributed by atoms with Gasteiger partial charge in [0.1, 0.15) is 0 Å². The van der Waals surface area contributed by atoms with Crippen molar-refractivity contribution in [2.45, 2.75) is 45.4 Å². The van der Waals surface area contributed by atoms with Crippen molar-refractivity contribution in [2.24, 2.45) is 11.3 Å². The van der Waals surface area contributed by atoms with E-state index >= 15 is 0 Å². The molecule has 3 fully saturated rings. The third-order valence-corrected chi connectivity index (χ3v) is 6.88. The van der Waals surface area contributed by atoms with Crippen LogP contribution < -0.4 is 0 Å². The molecule has 3 aliphatic rings. The Labute approximate surface area is 143 Å². The second kappa shape index (κ2) is 6.21. The Hall–Kier alpha value is -0.870. The molecule has 1 aliphatic carbocycles. The Morgan fingerprint density at radius 2 is 2.04 bits per heavy atom. The monoisotopic (exact) mass is 332 g/mol. The molecule has 4 heteroatoms. The van der Waals surface area contributed by atoms with Crippen molar-refractivity contribution < 1.29 is 4.79 Å².